The van der Waals surface area contributed by atoms with Crippen LogP contribution in [0, 0.1) is 18.2 Å². The molecule has 0 amide bonds. The second-order valence-electron chi connectivity index (χ2n) is 6.13. The lowest BCUT2D eigenvalue weighted by Gasteiger charge is -2.41. The molecule has 7 heteroatoms. The largest absolute Gasteiger partial charge is 0.327 e. The maximum absolute atomic E-state index is 13.1. The Morgan fingerprint density at radius 1 is 1.38 bits per heavy atom. The number of nitrogens with two attached hydrogens (primary N) is 1. The van der Waals surface area contributed by atoms with Gasteiger partial charge in [0.15, 0.2) is 0 Å². The molecule has 1 aromatic rings. The lowest BCUT2D eigenvalue weighted by atomic mass is 9.81. The molecule has 0 saturated carbocycles. The Kier molecular flexibility index (Phi) is 5.42. The molecule has 1 saturated heterocycles. The molecule has 120 valence electrons. The van der Waals surface area contributed by atoms with Crippen LogP contribution in [-0.2, 0) is 10.0 Å². The first-order valence-corrected chi connectivity index (χ1v) is 8.10. The van der Waals surface area contributed by atoms with E-state index in [1.54, 1.807) is 6.92 Å². The Balaban J connectivity index is 0.00000220. The van der Waals surface area contributed by atoms with Crippen molar-refractivity contribution in [3.05, 3.63) is 29.6 Å². The van der Waals surface area contributed by atoms with Crippen LogP contribution in [0.2, 0.25) is 0 Å². The normalized spacial score (nSPS) is 22.6. The van der Waals surface area contributed by atoms with Gasteiger partial charge in [0.25, 0.3) is 0 Å². The highest BCUT2D eigenvalue weighted by Crippen LogP contribution is 2.32. The van der Waals surface area contributed by atoms with Crippen molar-refractivity contribution in [3.8, 4) is 0 Å². The quantitative estimate of drug-likeness (QED) is 0.901. The standard InChI is InChI=1S/C14H21FN2O2S.ClH/c1-10-8-11(15)4-5-12(10)20(18,19)17-7-6-13(16)14(2,3)9-17;/h4-5,8,13H,6-7,9,16H2,1-3H3;1H. The average molecular weight is 337 g/mol. The minimum absolute atomic E-state index is 0. The molecule has 21 heavy (non-hydrogen) atoms. The molecular formula is C14H22ClFN2O2S. The third-order valence-electron chi connectivity index (χ3n) is 4.03. The van der Waals surface area contributed by atoms with E-state index in [9.17, 15) is 12.8 Å². The first-order chi connectivity index (χ1) is 9.14. The van der Waals surface area contributed by atoms with Crippen LogP contribution < -0.4 is 5.73 Å². The number of nitrogens with zero attached hydrogens (tertiary/aromatic N) is 1. The lowest BCUT2D eigenvalue weighted by Crippen LogP contribution is -2.53. The molecule has 1 aliphatic rings. The van der Waals surface area contributed by atoms with E-state index >= 15 is 0 Å². The van der Waals surface area contributed by atoms with Crippen LogP contribution in [0.15, 0.2) is 23.1 Å². The van der Waals surface area contributed by atoms with Crippen LogP contribution in [0.3, 0.4) is 0 Å². The summed E-state index contributed by atoms with van der Waals surface area (Å²) in [5, 5.41) is 0. The third kappa shape index (κ3) is 3.56. The maximum Gasteiger partial charge on any atom is 0.243 e. The van der Waals surface area contributed by atoms with Gasteiger partial charge in [-0.3, -0.25) is 0 Å². The Labute approximate surface area is 132 Å². The maximum atomic E-state index is 13.1. The van der Waals surface area contributed by atoms with Gasteiger partial charge >= 0.3 is 0 Å². The summed E-state index contributed by atoms with van der Waals surface area (Å²) in [5.41, 5.74) is 6.20. The molecule has 0 aliphatic carbocycles. The van der Waals surface area contributed by atoms with Crippen molar-refractivity contribution in [2.75, 3.05) is 13.1 Å². The zero-order chi connectivity index (χ0) is 15.1. The summed E-state index contributed by atoms with van der Waals surface area (Å²) in [4.78, 5) is 0.171. The van der Waals surface area contributed by atoms with Crippen LogP contribution in [0.4, 0.5) is 4.39 Å². The van der Waals surface area contributed by atoms with Gasteiger partial charge in [-0.1, -0.05) is 13.8 Å². The minimum atomic E-state index is -3.59. The average Bonchev–Trinajstić information content (AvgIpc) is 2.31. The Morgan fingerprint density at radius 3 is 2.52 bits per heavy atom. The van der Waals surface area contributed by atoms with Crippen LogP contribution in [0.25, 0.3) is 0 Å². The van der Waals surface area contributed by atoms with E-state index in [0.29, 0.717) is 25.1 Å². The summed E-state index contributed by atoms with van der Waals surface area (Å²) in [6.45, 7) is 6.33. The fourth-order valence-corrected chi connectivity index (χ4v) is 4.40. The zero-order valence-corrected chi connectivity index (χ0v) is 14.1. The van der Waals surface area contributed by atoms with E-state index in [4.69, 9.17) is 5.73 Å². The lowest BCUT2D eigenvalue weighted by molar-refractivity contribution is 0.155. The number of aryl methyl sites for hydroxylation is 1. The summed E-state index contributed by atoms with van der Waals surface area (Å²) in [5.74, 6) is -0.428. The molecule has 1 unspecified atom stereocenters. The second-order valence-corrected chi connectivity index (χ2v) is 8.04. The first-order valence-electron chi connectivity index (χ1n) is 6.66. The van der Waals surface area contributed by atoms with E-state index in [0.717, 1.165) is 0 Å². The molecule has 2 rings (SSSR count). The molecule has 1 fully saturated rings. The molecule has 0 spiro atoms. The minimum Gasteiger partial charge on any atom is -0.327 e. The topological polar surface area (TPSA) is 63.4 Å². The molecular weight excluding hydrogens is 315 g/mol. The Hall–Kier alpha value is -0.690. The molecule has 0 bridgehead atoms. The van der Waals surface area contributed by atoms with Gasteiger partial charge < -0.3 is 5.73 Å². The van der Waals surface area contributed by atoms with Gasteiger partial charge in [0.05, 0.1) is 4.90 Å². The predicted molar refractivity (Wildman–Crippen MR) is 83.5 cm³/mol. The monoisotopic (exact) mass is 336 g/mol. The number of sulfonamides is 1. The third-order valence-corrected chi connectivity index (χ3v) is 6.04. The summed E-state index contributed by atoms with van der Waals surface area (Å²) in [6.07, 6.45) is 0.631. The predicted octanol–water partition coefficient (Wildman–Crippen LogP) is 2.30. The van der Waals surface area contributed by atoms with E-state index < -0.39 is 15.8 Å². The summed E-state index contributed by atoms with van der Waals surface area (Å²) in [6, 6.07) is 3.75. The van der Waals surface area contributed by atoms with Crippen molar-refractivity contribution in [3.63, 3.8) is 0 Å². The van der Waals surface area contributed by atoms with E-state index in [1.165, 1.54) is 22.5 Å². The number of rotatable bonds is 2. The van der Waals surface area contributed by atoms with Gasteiger partial charge in [-0.15, -0.1) is 12.4 Å². The number of hydrogen-bond acceptors (Lipinski definition) is 3. The van der Waals surface area contributed by atoms with Gasteiger partial charge in [-0.25, -0.2) is 12.8 Å². The van der Waals surface area contributed by atoms with Crippen molar-refractivity contribution < 1.29 is 12.8 Å². The van der Waals surface area contributed by atoms with E-state index in [1.807, 2.05) is 13.8 Å². The number of piperidine rings is 1. The fourth-order valence-electron chi connectivity index (χ4n) is 2.57. The first kappa shape index (κ1) is 18.4. The van der Waals surface area contributed by atoms with Crippen molar-refractivity contribution in [1.82, 2.24) is 4.31 Å². The van der Waals surface area contributed by atoms with Crippen LogP contribution in [0.5, 0.6) is 0 Å². The molecule has 0 radical (unpaired) electrons. The number of hydrogen-bond donors (Lipinski definition) is 1. The highest BCUT2D eigenvalue weighted by Gasteiger charge is 2.39. The van der Waals surface area contributed by atoms with Gasteiger partial charge in [-0.2, -0.15) is 4.31 Å². The molecule has 2 N–H and O–H groups in total. The van der Waals surface area contributed by atoms with E-state index in [-0.39, 0.29) is 28.8 Å². The van der Waals surface area contributed by atoms with Crippen molar-refractivity contribution >= 4 is 22.4 Å². The highest BCUT2D eigenvalue weighted by molar-refractivity contribution is 7.89. The summed E-state index contributed by atoms with van der Waals surface area (Å²) < 4.78 is 39.9. The van der Waals surface area contributed by atoms with Gasteiger partial charge in [0.2, 0.25) is 10.0 Å². The second kappa shape index (κ2) is 6.20. The summed E-state index contributed by atoms with van der Waals surface area (Å²) >= 11 is 0. The number of benzene rings is 1. The van der Waals surface area contributed by atoms with Crippen molar-refractivity contribution in [2.24, 2.45) is 11.1 Å². The van der Waals surface area contributed by atoms with Crippen LogP contribution in [0.1, 0.15) is 25.8 Å². The number of halogens is 2. The molecule has 0 aromatic heterocycles. The molecule has 1 aromatic carbocycles. The highest BCUT2D eigenvalue weighted by atomic mass is 35.5. The molecule has 4 nitrogen and oxygen atoms in total. The Morgan fingerprint density at radius 2 is 2.00 bits per heavy atom. The van der Waals surface area contributed by atoms with E-state index in [2.05, 4.69) is 0 Å². The SMILES string of the molecule is Cc1cc(F)ccc1S(=O)(=O)N1CCC(N)C(C)(C)C1.Cl. The van der Waals surface area contributed by atoms with Crippen molar-refractivity contribution in [1.29, 1.82) is 0 Å². The molecule has 1 heterocycles. The van der Waals surface area contributed by atoms with Crippen LogP contribution >= 0.6 is 12.4 Å². The zero-order valence-electron chi connectivity index (χ0n) is 12.5. The summed E-state index contributed by atoms with van der Waals surface area (Å²) in [7, 11) is -3.59. The van der Waals surface area contributed by atoms with Gasteiger partial charge in [0, 0.05) is 19.1 Å². The molecule has 1 aliphatic heterocycles. The van der Waals surface area contributed by atoms with Crippen molar-refractivity contribution in [2.45, 2.75) is 38.1 Å². The van der Waals surface area contributed by atoms with Gasteiger partial charge in [-0.05, 0) is 42.5 Å². The Bertz CT molecular complexity index is 619. The van der Waals surface area contributed by atoms with Gasteiger partial charge in [0.1, 0.15) is 5.82 Å². The van der Waals surface area contributed by atoms with Crippen LogP contribution in [-0.4, -0.2) is 31.9 Å². The fraction of sp³-hybridized carbons (Fsp3) is 0.571. The molecule has 1 atom stereocenters. The smallest absolute Gasteiger partial charge is 0.243 e.